The van der Waals surface area contributed by atoms with E-state index in [0.29, 0.717) is 5.92 Å². The molecule has 2 rings (SSSR count). The highest BCUT2D eigenvalue weighted by atomic mass is 16.2. The van der Waals surface area contributed by atoms with Crippen LogP contribution in [-0.4, -0.2) is 25.2 Å². The Morgan fingerprint density at radius 3 is 2.88 bits per heavy atom. The molecule has 1 saturated heterocycles. The molecule has 0 atom stereocenters. The van der Waals surface area contributed by atoms with Crippen molar-refractivity contribution in [3.8, 4) is 0 Å². The van der Waals surface area contributed by atoms with Crippen LogP contribution in [0, 0.1) is 0 Å². The van der Waals surface area contributed by atoms with Crippen LogP contribution in [-0.2, 0) is 6.54 Å². The van der Waals surface area contributed by atoms with Crippen molar-refractivity contribution in [2.45, 2.75) is 32.1 Å². The Kier molecular flexibility index (Phi) is 4.60. The molecule has 0 aliphatic carbocycles. The predicted molar refractivity (Wildman–Crippen MR) is 72.0 cm³/mol. The zero-order chi connectivity index (χ0) is 12.1. The quantitative estimate of drug-likeness (QED) is 0.686. The van der Waals surface area contributed by atoms with Gasteiger partial charge in [-0.05, 0) is 49.8 Å². The summed E-state index contributed by atoms with van der Waals surface area (Å²) in [5.41, 5.74) is 2.69. The Balaban J connectivity index is 2.00. The fraction of sp³-hybridized carbons (Fsp3) is 0.538. The lowest BCUT2D eigenvalue weighted by Crippen LogP contribution is -2.30. The monoisotopic (exact) mass is 232 g/mol. The molecule has 4 heteroatoms. The topological polar surface area (TPSA) is 44.3 Å². The summed E-state index contributed by atoms with van der Waals surface area (Å²) >= 11 is 0. The average molecular weight is 232 g/mol. The minimum absolute atomic E-state index is 0.447. The molecule has 1 heterocycles. The summed E-state index contributed by atoms with van der Waals surface area (Å²) in [7, 11) is -0.447. The normalized spacial score (nSPS) is 17.1. The van der Waals surface area contributed by atoms with Crippen LogP contribution in [0.25, 0.3) is 0 Å². The average Bonchev–Trinajstić information content (AvgIpc) is 2.38. The predicted octanol–water partition coefficient (Wildman–Crippen LogP) is 1.35. The Morgan fingerprint density at radius 2 is 2.18 bits per heavy atom. The molecule has 0 radical (unpaired) electrons. The van der Waals surface area contributed by atoms with Gasteiger partial charge in [-0.1, -0.05) is 24.3 Å². The van der Waals surface area contributed by atoms with Crippen LogP contribution in [0.2, 0.25) is 6.82 Å². The highest BCUT2D eigenvalue weighted by molar-refractivity contribution is 6.45. The minimum Gasteiger partial charge on any atom is -0.437 e. The summed E-state index contributed by atoms with van der Waals surface area (Å²) < 4.78 is 0. The number of benzene rings is 1. The Hall–Kier alpha value is -0.835. The highest BCUT2D eigenvalue weighted by Crippen LogP contribution is 2.25. The van der Waals surface area contributed by atoms with Crippen molar-refractivity contribution >= 4 is 7.05 Å². The van der Waals surface area contributed by atoms with Gasteiger partial charge in [0.05, 0.1) is 0 Å². The molecule has 1 aliphatic heterocycles. The lowest BCUT2D eigenvalue weighted by atomic mass is 9.87. The van der Waals surface area contributed by atoms with E-state index in [9.17, 15) is 5.02 Å². The van der Waals surface area contributed by atoms with E-state index in [1.807, 2.05) is 0 Å². The number of hydrogen-bond donors (Lipinski definition) is 3. The van der Waals surface area contributed by atoms with Crippen molar-refractivity contribution in [3.05, 3.63) is 35.4 Å². The maximum absolute atomic E-state index is 9.21. The number of hydrogen-bond acceptors (Lipinski definition) is 3. The van der Waals surface area contributed by atoms with Crippen LogP contribution in [0.1, 0.15) is 29.9 Å². The second kappa shape index (κ2) is 6.19. The first kappa shape index (κ1) is 12.6. The molecule has 17 heavy (non-hydrogen) atoms. The molecular weight excluding hydrogens is 211 g/mol. The van der Waals surface area contributed by atoms with Gasteiger partial charge in [-0.3, -0.25) is 0 Å². The summed E-state index contributed by atoms with van der Waals surface area (Å²) in [6.07, 6.45) is 2.46. The van der Waals surface area contributed by atoms with Crippen molar-refractivity contribution in [1.29, 1.82) is 0 Å². The van der Waals surface area contributed by atoms with Crippen molar-refractivity contribution < 1.29 is 5.02 Å². The molecule has 92 valence electrons. The van der Waals surface area contributed by atoms with Crippen LogP contribution < -0.4 is 10.5 Å². The van der Waals surface area contributed by atoms with Gasteiger partial charge in [-0.15, -0.1) is 0 Å². The summed E-state index contributed by atoms with van der Waals surface area (Å²) in [5.74, 6) is 0.697. The zero-order valence-corrected chi connectivity index (χ0v) is 10.4. The number of piperidine rings is 1. The molecule has 0 amide bonds. The number of rotatable bonds is 4. The van der Waals surface area contributed by atoms with E-state index in [2.05, 4.69) is 34.8 Å². The molecule has 0 spiro atoms. The van der Waals surface area contributed by atoms with Crippen LogP contribution in [0.3, 0.4) is 0 Å². The fourth-order valence-electron chi connectivity index (χ4n) is 2.38. The molecule has 0 bridgehead atoms. The van der Waals surface area contributed by atoms with Gasteiger partial charge in [0.2, 0.25) is 0 Å². The summed E-state index contributed by atoms with van der Waals surface area (Å²) in [5, 5.41) is 15.6. The molecule has 1 aliphatic rings. The molecule has 0 unspecified atom stereocenters. The molecular formula is C13H21BN2O. The van der Waals surface area contributed by atoms with Crippen molar-refractivity contribution in [2.24, 2.45) is 0 Å². The Morgan fingerprint density at radius 1 is 1.41 bits per heavy atom. The third-order valence-corrected chi connectivity index (χ3v) is 3.36. The van der Waals surface area contributed by atoms with Crippen LogP contribution in [0.4, 0.5) is 0 Å². The highest BCUT2D eigenvalue weighted by Gasteiger charge is 2.15. The lowest BCUT2D eigenvalue weighted by molar-refractivity contribution is 0.460. The summed E-state index contributed by atoms with van der Waals surface area (Å²) in [6, 6.07) is 8.73. The summed E-state index contributed by atoms with van der Waals surface area (Å²) in [6.45, 7) is 4.73. The lowest BCUT2D eigenvalue weighted by Gasteiger charge is -2.23. The molecule has 0 aromatic heterocycles. The minimum atomic E-state index is -0.447. The molecule has 1 fully saturated rings. The molecule has 0 saturated carbocycles. The standard InChI is InChI=1S/C13H21BN2O/c1-14(17)16-10-11-3-2-4-13(9-11)12-5-7-15-8-6-12/h2-4,9,12,15-17H,5-8,10H2,1H3. The smallest absolute Gasteiger partial charge is 0.373 e. The van der Waals surface area contributed by atoms with Crippen molar-refractivity contribution in [3.63, 3.8) is 0 Å². The van der Waals surface area contributed by atoms with E-state index in [-0.39, 0.29) is 0 Å². The maximum Gasteiger partial charge on any atom is 0.373 e. The fourth-order valence-corrected chi connectivity index (χ4v) is 2.38. The second-order valence-electron chi connectivity index (χ2n) is 4.83. The van der Waals surface area contributed by atoms with Crippen molar-refractivity contribution in [2.75, 3.05) is 13.1 Å². The molecule has 1 aromatic rings. The molecule has 3 nitrogen and oxygen atoms in total. The van der Waals surface area contributed by atoms with Gasteiger partial charge in [0.1, 0.15) is 0 Å². The van der Waals surface area contributed by atoms with Crippen LogP contribution >= 0.6 is 0 Å². The number of nitrogens with one attached hydrogen (secondary N) is 2. The van der Waals surface area contributed by atoms with Gasteiger partial charge in [0, 0.05) is 6.54 Å². The van der Waals surface area contributed by atoms with Gasteiger partial charge in [0.15, 0.2) is 0 Å². The van der Waals surface area contributed by atoms with E-state index < -0.39 is 7.05 Å². The van der Waals surface area contributed by atoms with E-state index in [4.69, 9.17) is 0 Å². The van der Waals surface area contributed by atoms with Crippen LogP contribution in [0.5, 0.6) is 0 Å². The van der Waals surface area contributed by atoms with E-state index in [1.54, 1.807) is 6.82 Å². The third-order valence-electron chi connectivity index (χ3n) is 3.36. The first-order valence-electron chi connectivity index (χ1n) is 6.46. The van der Waals surface area contributed by atoms with Crippen molar-refractivity contribution in [1.82, 2.24) is 10.5 Å². The largest absolute Gasteiger partial charge is 0.437 e. The van der Waals surface area contributed by atoms with Gasteiger partial charge in [-0.2, -0.15) is 0 Å². The Labute approximate surface area is 104 Å². The second-order valence-corrected chi connectivity index (χ2v) is 4.83. The van der Waals surface area contributed by atoms with Gasteiger partial charge >= 0.3 is 7.05 Å². The Bertz CT molecular complexity index is 351. The first-order chi connectivity index (χ1) is 8.25. The SMILES string of the molecule is CB(O)NCc1cccc(C2CCNCC2)c1. The van der Waals surface area contributed by atoms with E-state index >= 15 is 0 Å². The van der Waals surface area contributed by atoms with Crippen LogP contribution in [0.15, 0.2) is 24.3 Å². The molecule has 1 aromatic carbocycles. The van der Waals surface area contributed by atoms with E-state index in [1.165, 1.54) is 24.0 Å². The molecule has 3 N–H and O–H groups in total. The third kappa shape index (κ3) is 3.84. The first-order valence-corrected chi connectivity index (χ1v) is 6.46. The van der Waals surface area contributed by atoms with Gasteiger partial charge in [0.25, 0.3) is 0 Å². The zero-order valence-electron chi connectivity index (χ0n) is 10.4. The van der Waals surface area contributed by atoms with Gasteiger partial charge in [-0.25, -0.2) is 0 Å². The summed E-state index contributed by atoms with van der Waals surface area (Å²) in [4.78, 5) is 0. The van der Waals surface area contributed by atoms with Gasteiger partial charge < -0.3 is 15.6 Å². The maximum atomic E-state index is 9.21. The van der Waals surface area contributed by atoms with E-state index in [0.717, 1.165) is 19.6 Å².